The van der Waals surface area contributed by atoms with Crippen molar-refractivity contribution in [1.82, 2.24) is 4.98 Å². The van der Waals surface area contributed by atoms with Crippen LogP contribution in [-0.2, 0) is 9.47 Å². The number of nitrogen functional groups attached to an aromatic ring is 1. The lowest BCUT2D eigenvalue weighted by molar-refractivity contribution is 0.290. The highest BCUT2D eigenvalue weighted by molar-refractivity contribution is 5.82. The van der Waals surface area contributed by atoms with Gasteiger partial charge in [0.05, 0.1) is 0 Å². The van der Waals surface area contributed by atoms with Gasteiger partial charge < -0.3 is 20.2 Å². The van der Waals surface area contributed by atoms with Crippen LogP contribution < -0.4 is 5.73 Å². The fourth-order valence-electron chi connectivity index (χ4n) is 1.31. The van der Waals surface area contributed by atoms with Gasteiger partial charge in [-0.3, -0.25) is 0 Å². The molecular weight excluding hydrogens is 204 g/mol. The van der Waals surface area contributed by atoms with Crippen molar-refractivity contribution in [1.29, 1.82) is 0 Å². The van der Waals surface area contributed by atoms with Gasteiger partial charge in [-0.2, -0.15) is 0 Å². The topological polar surface area (TPSA) is 60.3 Å². The Balaban J connectivity index is 0.000000138. The quantitative estimate of drug-likeness (QED) is 0.711. The van der Waals surface area contributed by atoms with Crippen molar-refractivity contribution in [3.05, 3.63) is 55.4 Å². The maximum absolute atomic E-state index is 5.54. The zero-order chi connectivity index (χ0) is 11.2. The summed E-state index contributed by atoms with van der Waals surface area (Å²) in [6, 6.07) is 9.94. The number of benzene rings is 1. The average molecular weight is 216 g/mol. The van der Waals surface area contributed by atoms with E-state index in [4.69, 9.17) is 5.73 Å². The molecule has 1 aromatic heterocycles. The number of nitrogens with two attached hydrogens (primary N) is 1. The first-order valence-corrected chi connectivity index (χ1v) is 4.80. The summed E-state index contributed by atoms with van der Waals surface area (Å²) < 4.78 is 9.17. The average Bonchev–Trinajstić information content (AvgIpc) is 2.72. The van der Waals surface area contributed by atoms with Crippen molar-refractivity contribution < 1.29 is 9.47 Å². The molecule has 2 aromatic rings. The van der Waals surface area contributed by atoms with E-state index in [9.17, 15) is 0 Å². The SMILES string of the molecule is C1=COC=CO1.Nc1cc2ccccc2[nH]1. The summed E-state index contributed by atoms with van der Waals surface area (Å²) in [4.78, 5) is 3.04. The summed E-state index contributed by atoms with van der Waals surface area (Å²) in [7, 11) is 0. The number of nitrogens with one attached hydrogen (secondary N) is 1. The molecule has 1 aliphatic rings. The highest BCUT2D eigenvalue weighted by atomic mass is 16.5. The number of fused-ring (bicyclic) bond motifs is 1. The van der Waals surface area contributed by atoms with Crippen molar-refractivity contribution in [3.8, 4) is 0 Å². The van der Waals surface area contributed by atoms with Gasteiger partial charge in [-0.25, -0.2) is 0 Å². The first-order chi connectivity index (χ1) is 7.86. The number of hydrogen-bond acceptors (Lipinski definition) is 3. The number of aromatic nitrogens is 1. The van der Waals surface area contributed by atoms with E-state index >= 15 is 0 Å². The van der Waals surface area contributed by atoms with E-state index in [1.165, 1.54) is 30.4 Å². The first-order valence-electron chi connectivity index (χ1n) is 4.80. The third-order valence-corrected chi connectivity index (χ3v) is 1.98. The van der Waals surface area contributed by atoms with Crippen LogP contribution in [-0.4, -0.2) is 4.98 Å². The maximum Gasteiger partial charge on any atom is 0.125 e. The maximum atomic E-state index is 5.54. The number of hydrogen-bond donors (Lipinski definition) is 2. The second kappa shape index (κ2) is 4.93. The standard InChI is InChI=1S/C8H8N2.C4H4O2/c9-8-5-6-3-1-2-4-7(6)10-8;1-2-6-4-3-5-1/h1-5,10H,9H2;1-4H. The lowest BCUT2D eigenvalue weighted by atomic mass is 10.3. The minimum Gasteiger partial charge on any atom is -0.466 e. The first kappa shape index (κ1) is 10.2. The van der Waals surface area contributed by atoms with Gasteiger partial charge in [0.2, 0.25) is 0 Å². The molecule has 0 atom stereocenters. The lowest BCUT2D eigenvalue weighted by Crippen LogP contribution is -1.80. The fourth-order valence-corrected chi connectivity index (χ4v) is 1.31. The molecule has 3 rings (SSSR count). The largest absolute Gasteiger partial charge is 0.466 e. The Morgan fingerprint density at radius 1 is 0.938 bits per heavy atom. The molecule has 0 spiro atoms. The number of rotatable bonds is 0. The molecule has 0 bridgehead atoms. The number of anilines is 1. The van der Waals surface area contributed by atoms with Crippen molar-refractivity contribution in [3.63, 3.8) is 0 Å². The number of aromatic amines is 1. The molecule has 0 unspecified atom stereocenters. The second-order valence-corrected chi connectivity index (χ2v) is 3.13. The number of para-hydroxylation sites is 1. The molecule has 1 aromatic carbocycles. The van der Waals surface area contributed by atoms with Gasteiger partial charge in [-0.15, -0.1) is 0 Å². The van der Waals surface area contributed by atoms with E-state index in [-0.39, 0.29) is 0 Å². The monoisotopic (exact) mass is 216 g/mol. The molecule has 16 heavy (non-hydrogen) atoms. The van der Waals surface area contributed by atoms with E-state index in [0.29, 0.717) is 0 Å². The van der Waals surface area contributed by atoms with Gasteiger partial charge in [0.15, 0.2) is 0 Å². The van der Waals surface area contributed by atoms with Crippen molar-refractivity contribution >= 4 is 16.7 Å². The van der Waals surface area contributed by atoms with Gasteiger partial charge in [0, 0.05) is 10.9 Å². The highest BCUT2D eigenvalue weighted by Gasteiger charge is 1.92. The minimum absolute atomic E-state index is 0.723. The van der Waals surface area contributed by atoms with Crippen LogP contribution in [0.2, 0.25) is 0 Å². The van der Waals surface area contributed by atoms with E-state index < -0.39 is 0 Å². The van der Waals surface area contributed by atoms with E-state index in [2.05, 4.69) is 14.5 Å². The Kier molecular flexibility index (Phi) is 3.13. The van der Waals surface area contributed by atoms with Crippen LogP contribution in [0.5, 0.6) is 0 Å². The number of ether oxygens (including phenoxy) is 2. The molecule has 0 radical (unpaired) electrons. The molecule has 0 saturated carbocycles. The molecule has 1 aliphatic heterocycles. The van der Waals surface area contributed by atoms with Crippen molar-refractivity contribution in [2.45, 2.75) is 0 Å². The zero-order valence-electron chi connectivity index (χ0n) is 8.59. The van der Waals surface area contributed by atoms with E-state index in [1.54, 1.807) is 0 Å². The molecule has 0 aliphatic carbocycles. The number of H-pyrrole nitrogens is 1. The van der Waals surface area contributed by atoms with Gasteiger partial charge in [0.1, 0.15) is 30.9 Å². The zero-order valence-corrected chi connectivity index (χ0v) is 8.59. The molecule has 4 nitrogen and oxygen atoms in total. The molecule has 0 saturated heterocycles. The van der Waals surface area contributed by atoms with Crippen LogP contribution in [0.25, 0.3) is 10.9 Å². The molecule has 0 amide bonds. The molecule has 2 heterocycles. The molecule has 3 N–H and O–H groups in total. The molecule has 0 fully saturated rings. The van der Waals surface area contributed by atoms with Crippen LogP contribution in [0, 0.1) is 0 Å². The Bertz CT molecular complexity index is 461. The Labute approximate surface area is 93.0 Å². The summed E-state index contributed by atoms with van der Waals surface area (Å²) >= 11 is 0. The van der Waals surface area contributed by atoms with E-state index in [1.807, 2.05) is 30.3 Å². The van der Waals surface area contributed by atoms with Crippen LogP contribution in [0.1, 0.15) is 0 Å². The van der Waals surface area contributed by atoms with Crippen LogP contribution >= 0.6 is 0 Å². The smallest absolute Gasteiger partial charge is 0.125 e. The molecule has 82 valence electrons. The summed E-state index contributed by atoms with van der Waals surface area (Å²) in [5.41, 5.74) is 6.63. The minimum atomic E-state index is 0.723. The second-order valence-electron chi connectivity index (χ2n) is 3.13. The van der Waals surface area contributed by atoms with E-state index in [0.717, 1.165) is 11.3 Å². The Morgan fingerprint density at radius 2 is 1.56 bits per heavy atom. The Hall–Kier alpha value is -2.36. The molecule has 4 heteroatoms. The lowest BCUT2D eigenvalue weighted by Gasteiger charge is -1.94. The summed E-state index contributed by atoms with van der Waals surface area (Å²) in [5, 5.41) is 1.17. The molecular formula is C12H12N2O2. The third-order valence-electron chi connectivity index (χ3n) is 1.98. The van der Waals surface area contributed by atoms with Gasteiger partial charge >= 0.3 is 0 Å². The summed E-state index contributed by atoms with van der Waals surface area (Å²) in [5.74, 6) is 0.723. The Morgan fingerprint density at radius 3 is 2.12 bits per heavy atom. The summed E-state index contributed by atoms with van der Waals surface area (Å²) in [6.07, 6.45) is 5.83. The predicted molar refractivity (Wildman–Crippen MR) is 63.2 cm³/mol. The van der Waals surface area contributed by atoms with Crippen molar-refractivity contribution in [2.75, 3.05) is 5.73 Å². The normalized spacial score (nSPS) is 12.5. The van der Waals surface area contributed by atoms with Gasteiger partial charge in [-0.05, 0) is 12.1 Å². The summed E-state index contributed by atoms with van der Waals surface area (Å²) in [6.45, 7) is 0. The van der Waals surface area contributed by atoms with Crippen LogP contribution in [0.4, 0.5) is 5.82 Å². The fraction of sp³-hybridized carbons (Fsp3) is 0. The van der Waals surface area contributed by atoms with Crippen LogP contribution in [0.15, 0.2) is 55.4 Å². The predicted octanol–water partition coefficient (Wildman–Crippen LogP) is 2.73. The van der Waals surface area contributed by atoms with Crippen LogP contribution in [0.3, 0.4) is 0 Å². The third kappa shape index (κ3) is 2.57. The van der Waals surface area contributed by atoms with Crippen molar-refractivity contribution in [2.24, 2.45) is 0 Å². The van der Waals surface area contributed by atoms with Gasteiger partial charge in [0.25, 0.3) is 0 Å². The highest BCUT2D eigenvalue weighted by Crippen LogP contribution is 2.14. The van der Waals surface area contributed by atoms with Gasteiger partial charge in [-0.1, -0.05) is 18.2 Å².